The van der Waals surface area contributed by atoms with Crippen LogP contribution in [0.2, 0.25) is 5.02 Å². The van der Waals surface area contributed by atoms with Crippen LogP contribution in [0.25, 0.3) is 0 Å². The summed E-state index contributed by atoms with van der Waals surface area (Å²) < 4.78 is 0. The van der Waals surface area contributed by atoms with Gasteiger partial charge in [-0.2, -0.15) is 0 Å². The number of anilines is 1. The van der Waals surface area contributed by atoms with Crippen LogP contribution in [0.4, 0.5) is 11.4 Å². The topological polar surface area (TPSA) is 98.3 Å². The summed E-state index contributed by atoms with van der Waals surface area (Å²) in [6.45, 7) is 1.87. The maximum Gasteiger partial charge on any atom is 0.293 e. The molecule has 6 nitrogen and oxygen atoms in total. The van der Waals surface area contributed by atoms with Crippen molar-refractivity contribution < 1.29 is 9.72 Å². The average molecular weight is 320 g/mol. The molecule has 0 bridgehead atoms. The Labute approximate surface area is 132 Å². The van der Waals surface area contributed by atoms with Crippen LogP contribution in [0.3, 0.4) is 0 Å². The number of nitrogens with zero attached hydrogens (tertiary/aromatic N) is 1. The molecule has 1 atom stereocenters. The molecular weight excluding hydrogens is 306 g/mol. The van der Waals surface area contributed by atoms with Crippen LogP contribution in [0.15, 0.2) is 42.5 Å². The summed E-state index contributed by atoms with van der Waals surface area (Å²) in [5.74, 6) is -0.708. The molecule has 114 valence electrons. The summed E-state index contributed by atoms with van der Waals surface area (Å²) in [4.78, 5) is 21.7. The van der Waals surface area contributed by atoms with E-state index in [0.29, 0.717) is 10.7 Å². The van der Waals surface area contributed by atoms with Gasteiger partial charge >= 0.3 is 0 Å². The molecule has 2 rings (SSSR count). The van der Waals surface area contributed by atoms with Gasteiger partial charge in [0.15, 0.2) is 0 Å². The Balaban J connectivity index is 2.30. The van der Waals surface area contributed by atoms with E-state index in [-0.39, 0.29) is 17.3 Å². The maximum atomic E-state index is 11.2. The van der Waals surface area contributed by atoms with Gasteiger partial charge in [-0.3, -0.25) is 14.9 Å². The first-order chi connectivity index (χ1) is 10.4. The van der Waals surface area contributed by atoms with Gasteiger partial charge in [-0.05, 0) is 36.8 Å². The third-order valence-electron chi connectivity index (χ3n) is 3.22. The molecule has 0 aliphatic rings. The fourth-order valence-electron chi connectivity index (χ4n) is 2.03. The zero-order valence-corrected chi connectivity index (χ0v) is 12.5. The van der Waals surface area contributed by atoms with Crippen molar-refractivity contribution in [2.24, 2.45) is 5.73 Å². The van der Waals surface area contributed by atoms with Gasteiger partial charge < -0.3 is 11.1 Å². The Kier molecular flexibility index (Phi) is 4.62. The Hall–Kier alpha value is -2.60. The van der Waals surface area contributed by atoms with Gasteiger partial charge in [0, 0.05) is 22.7 Å². The van der Waals surface area contributed by atoms with E-state index in [1.54, 1.807) is 12.1 Å². The molecule has 3 N–H and O–H groups in total. The van der Waals surface area contributed by atoms with Gasteiger partial charge in [0.05, 0.1) is 4.92 Å². The van der Waals surface area contributed by atoms with E-state index in [1.165, 1.54) is 18.2 Å². The lowest BCUT2D eigenvalue weighted by Crippen LogP contribution is -2.13. The number of nitro benzene ring substituents is 1. The summed E-state index contributed by atoms with van der Waals surface area (Å²) in [7, 11) is 0. The van der Waals surface area contributed by atoms with Crippen molar-refractivity contribution in [1.82, 2.24) is 0 Å². The second-order valence-corrected chi connectivity index (χ2v) is 5.21. The third-order valence-corrected chi connectivity index (χ3v) is 3.47. The molecule has 0 aliphatic carbocycles. The first kappa shape index (κ1) is 15.8. The van der Waals surface area contributed by atoms with E-state index >= 15 is 0 Å². The molecule has 0 heterocycles. The van der Waals surface area contributed by atoms with Crippen molar-refractivity contribution in [2.45, 2.75) is 13.0 Å². The summed E-state index contributed by atoms with van der Waals surface area (Å²) in [6.07, 6.45) is 0. The fraction of sp³-hybridized carbons (Fsp3) is 0.133. The van der Waals surface area contributed by atoms with E-state index < -0.39 is 10.8 Å². The monoisotopic (exact) mass is 319 g/mol. The normalized spacial score (nSPS) is 11.7. The zero-order chi connectivity index (χ0) is 16.3. The number of hydrogen-bond donors (Lipinski definition) is 2. The van der Waals surface area contributed by atoms with Gasteiger partial charge in [0.25, 0.3) is 5.69 Å². The third kappa shape index (κ3) is 3.53. The summed E-state index contributed by atoms with van der Waals surface area (Å²) >= 11 is 5.84. The first-order valence-corrected chi connectivity index (χ1v) is 6.86. The molecule has 0 aliphatic heterocycles. The smallest absolute Gasteiger partial charge is 0.293 e. The molecule has 0 saturated carbocycles. The number of nitrogens with two attached hydrogens (primary N) is 1. The molecule has 0 fully saturated rings. The molecule has 0 saturated heterocycles. The average Bonchev–Trinajstić information content (AvgIpc) is 2.47. The standard InChI is InChI=1S/C15H14ClN3O3/c1-9(10-2-5-12(16)6-3-10)18-13-7-4-11(15(17)20)8-14(13)19(21)22/h2-9,18H,1H3,(H2,17,20)/t9-/m1/s1. The number of rotatable bonds is 5. The predicted molar refractivity (Wildman–Crippen MR) is 85.1 cm³/mol. The van der Waals surface area contributed by atoms with Crippen LogP contribution >= 0.6 is 11.6 Å². The van der Waals surface area contributed by atoms with Crippen LogP contribution in [0.1, 0.15) is 28.9 Å². The highest BCUT2D eigenvalue weighted by molar-refractivity contribution is 6.30. The lowest BCUT2D eigenvalue weighted by molar-refractivity contribution is -0.384. The number of primary amides is 1. The summed E-state index contributed by atoms with van der Waals surface area (Å²) in [5.41, 5.74) is 6.29. The lowest BCUT2D eigenvalue weighted by atomic mass is 10.1. The van der Waals surface area contributed by atoms with Crippen molar-refractivity contribution in [3.8, 4) is 0 Å². The van der Waals surface area contributed by atoms with Gasteiger partial charge in [-0.15, -0.1) is 0 Å². The summed E-state index contributed by atoms with van der Waals surface area (Å²) in [5, 5.41) is 14.8. The van der Waals surface area contributed by atoms with Crippen LogP contribution in [0.5, 0.6) is 0 Å². The number of halogens is 1. The largest absolute Gasteiger partial charge is 0.373 e. The van der Waals surface area contributed by atoms with E-state index in [1.807, 2.05) is 19.1 Å². The second-order valence-electron chi connectivity index (χ2n) is 4.77. The highest BCUT2D eigenvalue weighted by Crippen LogP contribution is 2.29. The minimum Gasteiger partial charge on any atom is -0.373 e. The predicted octanol–water partition coefficient (Wildman–Crippen LogP) is 3.52. The lowest BCUT2D eigenvalue weighted by Gasteiger charge is -2.16. The van der Waals surface area contributed by atoms with Gasteiger partial charge in [-0.1, -0.05) is 23.7 Å². The highest BCUT2D eigenvalue weighted by Gasteiger charge is 2.18. The van der Waals surface area contributed by atoms with Gasteiger partial charge in [0.1, 0.15) is 5.69 Å². The Morgan fingerprint density at radius 2 is 1.91 bits per heavy atom. The van der Waals surface area contributed by atoms with Crippen LogP contribution in [-0.2, 0) is 0 Å². The SMILES string of the molecule is C[C@@H](Nc1ccc(C(N)=O)cc1[N+](=O)[O-])c1ccc(Cl)cc1. The van der Waals surface area contributed by atoms with Gasteiger partial charge in [-0.25, -0.2) is 0 Å². The molecule has 0 aromatic heterocycles. The number of carbonyl (C=O) groups is 1. The Morgan fingerprint density at radius 1 is 1.27 bits per heavy atom. The van der Waals surface area contributed by atoms with E-state index in [0.717, 1.165) is 5.56 Å². The van der Waals surface area contributed by atoms with Crippen LogP contribution < -0.4 is 11.1 Å². The van der Waals surface area contributed by atoms with Crippen molar-refractivity contribution in [2.75, 3.05) is 5.32 Å². The Morgan fingerprint density at radius 3 is 2.45 bits per heavy atom. The fourth-order valence-corrected chi connectivity index (χ4v) is 2.15. The van der Waals surface area contributed by atoms with Crippen molar-refractivity contribution in [3.63, 3.8) is 0 Å². The number of hydrogen-bond acceptors (Lipinski definition) is 4. The minimum absolute atomic E-state index is 0.0939. The number of benzene rings is 2. The molecule has 0 radical (unpaired) electrons. The molecule has 2 aromatic rings. The quantitative estimate of drug-likeness (QED) is 0.650. The molecule has 7 heteroatoms. The van der Waals surface area contributed by atoms with E-state index in [9.17, 15) is 14.9 Å². The zero-order valence-electron chi connectivity index (χ0n) is 11.7. The van der Waals surface area contributed by atoms with Gasteiger partial charge in [0.2, 0.25) is 5.91 Å². The van der Waals surface area contributed by atoms with Crippen molar-refractivity contribution >= 4 is 28.9 Å². The molecule has 22 heavy (non-hydrogen) atoms. The van der Waals surface area contributed by atoms with Crippen LogP contribution in [0, 0.1) is 10.1 Å². The number of nitro groups is 1. The first-order valence-electron chi connectivity index (χ1n) is 6.48. The number of amides is 1. The molecule has 0 unspecified atom stereocenters. The molecule has 1 amide bonds. The Bertz CT molecular complexity index is 716. The van der Waals surface area contributed by atoms with Crippen molar-refractivity contribution in [1.29, 1.82) is 0 Å². The molecule has 2 aromatic carbocycles. The van der Waals surface area contributed by atoms with Crippen molar-refractivity contribution in [3.05, 3.63) is 68.7 Å². The molecular formula is C15H14ClN3O3. The number of carbonyl (C=O) groups excluding carboxylic acids is 1. The maximum absolute atomic E-state index is 11.2. The second kappa shape index (κ2) is 6.44. The number of nitrogens with one attached hydrogen (secondary N) is 1. The van der Waals surface area contributed by atoms with Crippen LogP contribution in [-0.4, -0.2) is 10.8 Å². The summed E-state index contributed by atoms with van der Waals surface area (Å²) in [6, 6.07) is 11.1. The minimum atomic E-state index is -0.708. The van der Waals surface area contributed by atoms with E-state index in [2.05, 4.69) is 5.32 Å². The highest BCUT2D eigenvalue weighted by atomic mass is 35.5. The van der Waals surface area contributed by atoms with E-state index in [4.69, 9.17) is 17.3 Å². The molecule has 0 spiro atoms.